The van der Waals surface area contributed by atoms with E-state index in [-0.39, 0.29) is 17.5 Å². The van der Waals surface area contributed by atoms with E-state index in [2.05, 4.69) is 30.4 Å². The highest BCUT2D eigenvalue weighted by Gasteiger charge is 2.18. The van der Waals surface area contributed by atoms with Crippen LogP contribution in [0.15, 0.2) is 60.7 Å². The quantitative estimate of drug-likeness (QED) is 0.528. The molecule has 1 atom stereocenters. The minimum atomic E-state index is -0.966. The second-order valence-electron chi connectivity index (χ2n) is 7.38. The van der Waals surface area contributed by atoms with Crippen molar-refractivity contribution < 1.29 is 14.7 Å². The van der Waals surface area contributed by atoms with E-state index in [0.29, 0.717) is 5.69 Å². The molecule has 146 valence electrons. The van der Waals surface area contributed by atoms with Gasteiger partial charge in [0.05, 0.1) is 11.6 Å². The summed E-state index contributed by atoms with van der Waals surface area (Å²) in [5.74, 6) is -1.13. The summed E-state index contributed by atoms with van der Waals surface area (Å²) in [7, 11) is 1.90. The molecule has 0 bridgehead atoms. The van der Waals surface area contributed by atoms with Gasteiger partial charge in [0.2, 0.25) is 0 Å². The molecule has 5 heteroatoms. The van der Waals surface area contributed by atoms with E-state index < -0.39 is 5.97 Å². The fourth-order valence-electron chi connectivity index (χ4n) is 3.84. The van der Waals surface area contributed by atoms with E-state index in [4.69, 9.17) is 5.11 Å². The molecule has 0 saturated heterocycles. The molecule has 0 fully saturated rings. The van der Waals surface area contributed by atoms with Crippen LogP contribution in [0.1, 0.15) is 44.9 Å². The van der Waals surface area contributed by atoms with Crippen molar-refractivity contribution in [2.75, 3.05) is 0 Å². The van der Waals surface area contributed by atoms with E-state index in [1.54, 1.807) is 24.3 Å². The van der Waals surface area contributed by atoms with Crippen molar-refractivity contribution in [1.82, 2.24) is 9.88 Å². The van der Waals surface area contributed by atoms with Gasteiger partial charge in [-0.2, -0.15) is 0 Å². The average molecular weight is 386 g/mol. The summed E-state index contributed by atoms with van der Waals surface area (Å²) >= 11 is 0. The minimum absolute atomic E-state index is 0.166. The number of aromatic nitrogens is 1. The van der Waals surface area contributed by atoms with E-state index in [9.17, 15) is 9.59 Å². The Morgan fingerprint density at radius 1 is 0.966 bits per heavy atom. The molecule has 2 N–H and O–H groups in total. The zero-order valence-electron chi connectivity index (χ0n) is 16.6. The normalized spacial score (nSPS) is 12.2. The molecule has 1 amide bonds. The molecule has 1 heterocycles. The molecule has 3 aromatic carbocycles. The second kappa shape index (κ2) is 7.09. The third-order valence-electron chi connectivity index (χ3n) is 5.51. The van der Waals surface area contributed by atoms with Gasteiger partial charge in [-0.15, -0.1) is 0 Å². The fraction of sp³-hybridized carbons (Fsp3) is 0.167. The Bertz CT molecular complexity index is 1250. The smallest absolute Gasteiger partial charge is 0.335 e. The molecule has 0 aliphatic rings. The summed E-state index contributed by atoms with van der Waals surface area (Å²) in [6.07, 6.45) is 0. The SMILES string of the molecule is Cc1cc2c(cc(C(=O)N[C@H](C)c3ccc(C(=O)O)cc3)n2C)c2ccccc12. The van der Waals surface area contributed by atoms with Crippen molar-refractivity contribution in [3.8, 4) is 0 Å². The van der Waals surface area contributed by atoms with Crippen LogP contribution in [0.2, 0.25) is 0 Å². The van der Waals surface area contributed by atoms with Gasteiger partial charge in [0.15, 0.2) is 0 Å². The molecule has 0 saturated carbocycles. The number of aromatic carboxylic acids is 1. The average Bonchev–Trinajstić information content (AvgIpc) is 3.05. The molecule has 0 unspecified atom stereocenters. The summed E-state index contributed by atoms with van der Waals surface area (Å²) < 4.78 is 1.92. The molecule has 5 nitrogen and oxygen atoms in total. The van der Waals surface area contributed by atoms with Gasteiger partial charge in [-0.3, -0.25) is 4.79 Å². The molecule has 0 spiro atoms. The Morgan fingerprint density at radius 2 is 1.62 bits per heavy atom. The number of amides is 1. The largest absolute Gasteiger partial charge is 0.478 e. The number of hydrogen-bond acceptors (Lipinski definition) is 2. The van der Waals surface area contributed by atoms with Crippen molar-refractivity contribution in [3.05, 3.63) is 83.0 Å². The maximum Gasteiger partial charge on any atom is 0.335 e. The highest BCUT2D eigenvalue weighted by molar-refractivity contribution is 6.11. The number of nitrogens with one attached hydrogen (secondary N) is 1. The van der Waals surface area contributed by atoms with Crippen molar-refractivity contribution in [3.63, 3.8) is 0 Å². The summed E-state index contributed by atoms with van der Waals surface area (Å²) in [5, 5.41) is 15.4. The van der Waals surface area contributed by atoms with Gasteiger partial charge in [-0.25, -0.2) is 4.79 Å². The van der Waals surface area contributed by atoms with Crippen LogP contribution in [-0.4, -0.2) is 21.6 Å². The molecule has 1 aromatic heterocycles. The van der Waals surface area contributed by atoms with Gasteiger partial charge in [0, 0.05) is 18.0 Å². The fourth-order valence-corrected chi connectivity index (χ4v) is 3.84. The van der Waals surface area contributed by atoms with Crippen LogP contribution in [0.5, 0.6) is 0 Å². The van der Waals surface area contributed by atoms with Crippen LogP contribution < -0.4 is 5.32 Å². The second-order valence-corrected chi connectivity index (χ2v) is 7.38. The molecule has 0 aliphatic heterocycles. The molecule has 0 radical (unpaired) electrons. The van der Waals surface area contributed by atoms with Gasteiger partial charge in [-0.1, -0.05) is 36.4 Å². The number of carbonyl (C=O) groups is 2. The third-order valence-corrected chi connectivity index (χ3v) is 5.51. The number of hydrogen-bond donors (Lipinski definition) is 2. The Balaban J connectivity index is 1.67. The van der Waals surface area contributed by atoms with Crippen molar-refractivity contribution in [2.24, 2.45) is 7.05 Å². The number of carboxylic acids is 1. The Kier molecular flexibility index (Phi) is 4.59. The molecular formula is C24H22N2O3. The van der Waals surface area contributed by atoms with Gasteiger partial charge in [-0.05, 0) is 60.0 Å². The highest BCUT2D eigenvalue weighted by atomic mass is 16.4. The standard InChI is InChI=1S/C24H22N2O3/c1-14-12-21-20(19-7-5-4-6-18(14)19)13-22(26(21)3)23(27)25-15(2)16-8-10-17(11-9-16)24(28)29/h4-13,15H,1-3H3,(H,25,27)(H,28,29)/t15-/m1/s1. The highest BCUT2D eigenvalue weighted by Crippen LogP contribution is 2.30. The van der Waals surface area contributed by atoms with Crippen LogP contribution in [-0.2, 0) is 7.05 Å². The van der Waals surface area contributed by atoms with Crippen LogP contribution in [0.25, 0.3) is 21.7 Å². The number of nitrogens with zero attached hydrogens (tertiary/aromatic N) is 1. The number of fused-ring (bicyclic) bond motifs is 3. The van der Waals surface area contributed by atoms with Gasteiger partial charge in [0.1, 0.15) is 5.69 Å². The summed E-state index contributed by atoms with van der Waals surface area (Å²) in [5.41, 5.74) is 3.86. The zero-order chi connectivity index (χ0) is 20.7. The Labute approximate surface area is 168 Å². The van der Waals surface area contributed by atoms with Gasteiger partial charge < -0.3 is 15.0 Å². The van der Waals surface area contributed by atoms with Crippen LogP contribution in [0.3, 0.4) is 0 Å². The maximum atomic E-state index is 13.0. The molecule has 29 heavy (non-hydrogen) atoms. The van der Waals surface area contributed by atoms with Crippen molar-refractivity contribution >= 4 is 33.6 Å². The third kappa shape index (κ3) is 3.25. The van der Waals surface area contributed by atoms with Crippen LogP contribution >= 0.6 is 0 Å². The lowest BCUT2D eigenvalue weighted by Gasteiger charge is -2.15. The first-order valence-corrected chi connectivity index (χ1v) is 9.48. The minimum Gasteiger partial charge on any atom is -0.478 e. The van der Waals surface area contributed by atoms with Gasteiger partial charge in [0.25, 0.3) is 5.91 Å². The lowest BCUT2D eigenvalue weighted by Crippen LogP contribution is -2.28. The number of carboxylic acid groups (broad SMARTS) is 1. The Hall–Kier alpha value is -3.60. The number of rotatable bonds is 4. The van der Waals surface area contributed by atoms with E-state index in [1.165, 1.54) is 10.9 Å². The Morgan fingerprint density at radius 3 is 2.28 bits per heavy atom. The number of aryl methyl sites for hydroxylation is 2. The van der Waals surface area contributed by atoms with Crippen molar-refractivity contribution in [1.29, 1.82) is 0 Å². The molecule has 4 rings (SSSR count). The molecule has 4 aromatic rings. The lowest BCUT2D eigenvalue weighted by atomic mass is 10.0. The van der Waals surface area contributed by atoms with Crippen molar-refractivity contribution in [2.45, 2.75) is 19.9 Å². The first-order chi connectivity index (χ1) is 13.9. The summed E-state index contributed by atoms with van der Waals surface area (Å²) in [4.78, 5) is 24.0. The van der Waals surface area contributed by atoms with E-state index in [0.717, 1.165) is 21.9 Å². The lowest BCUT2D eigenvalue weighted by molar-refractivity contribution is 0.0696. The number of benzene rings is 3. The summed E-state index contributed by atoms with van der Waals surface area (Å²) in [6, 6.07) is 18.6. The first-order valence-electron chi connectivity index (χ1n) is 9.48. The molecular weight excluding hydrogens is 364 g/mol. The zero-order valence-corrected chi connectivity index (χ0v) is 16.6. The van der Waals surface area contributed by atoms with E-state index >= 15 is 0 Å². The topological polar surface area (TPSA) is 71.3 Å². The first kappa shape index (κ1) is 18.7. The maximum absolute atomic E-state index is 13.0. The van der Waals surface area contributed by atoms with Gasteiger partial charge >= 0.3 is 5.97 Å². The predicted octanol–water partition coefficient (Wildman–Crippen LogP) is 4.83. The number of carbonyl (C=O) groups excluding carboxylic acids is 1. The van der Waals surface area contributed by atoms with Crippen LogP contribution in [0.4, 0.5) is 0 Å². The van der Waals surface area contributed by atoms with Crippen LogP contribution in [0, 0.1) is 6.92 Å². The predicted molar refractivity (Wildman–Crippen MR) is 114 cm³/mol. The molecule has 0 aliphatic carbocycles. The monoisotopic (exact) mass is 386 g/mol. The summed E-state index contributed by atoms with van der Waals surface area (Å²) in [6.45, 7) is 3.97. The van der Waals surface area contributed by atoms with E-state index in [1.807, 2.05) is 36.7 Å².